The molecule has 0 bridgehead atoms. The molecule has 1 saturated heterocycles. The fourth-order valence-corrected chi connectivity index (χ4v) is 4.78. The summed E-state index contributed by atoms with van der Waals surface area (Å²) in [5.74, 6) is 1.06. The van der Waals surface area contributed by atoms with E-state index in [1.54, 1.807) is 0 Å². The molecule has 1 aliphatic heterocycles. The number of piperidine rings is 1. The van der Waals surface area contributed by atoms with Crippen LogP contribution in [0.5, 0.6) is 0 Å². The molecule has 1 aromatic heterocycles. The molecule has 1 amide bonds. The summed E-state index contributed by atoms with van der Waals surface area (Å²) in [4.78, 5) is 15.1. The van der Waals surface area contributed by atoms with Gasteiger partial charge in [0.1, 0.15) is 0 Å². The van der Waals surface area contributed by atoms with E-state index in [2.05, 4.69) is 23.0 Å². The van der Waals surface area contributed by atoms with Gasteiger partial charge in [0.15, 0.2) is 0 Å². The van der Waals surface area contributed by atoms with Crippen LogP contribution in [0.15, 0.2) is 0 Å². The third-order valence-electron chi connectivity index (χ3n) is 6.12. The molecule has 1 aliphatic carbocycles. The van der Waals surface area contributed by atoms with Gasteiger partial charge in [0.05, 0.1) is 24.7 Å². The highest BCUT2D eigenvalue weighted by molar-refractivity contribution is 5.77. The molecule has 0 unspecified atom stereocenters. The molecule has 0 radical (unpaired) electrons. The SMILES string of the molecule is Cc1nn(CCC#N)c(C)c1CCC(=O)N1CCC[C@H]2CCCC[C@H]21. The van der Waals surface area contributed by atoms with Gasteiger partial charge in [-0.3, -0.25) is 9.48 Å². The molecule has 2 aliphatic rings. The monoisotopic (exact) mass is 342 g/mol. The number of rotatable bonds is 5. The number of carbonyl (C=O) groups excluding carboxylic acids is 1. The molecule has 25 heavy (non-hydrogen) atoms. The van der Waals surface area contributed by atoms with E-state index < -0.39 is 0 Å². The maximum atomic E-state index is 12.9. The van der Waals surface area contributed by atoms with Crippen LogP contribution < -0.4 is 0 Å². The van der Waals surface area contributed by atoms with E-state index in [9.17, 15) is 4.79 Å². The molecule has 0 spiro atoms. The number of nitrogens with zero attached hydrogens (tertiary/aromatic N) is 4. The standard InChI is InChI=1S/C20H30N4O/c1-15-18(16(2)24(22-15)14-6-12-21)10-11-20(25)23-13-5-8-17-7-3-4-9-19(17)23/h17,19H,3-11,13-14H2,1-2H3/t17-,19-/m1/s1. The fraction of sp³-hybridized carbons (Fsp3) is 0.750. The first kappa shape index (κ1) is 18.0. The lowest BCUT2D eigenvalue weighted by Gasteiger charge is -2.44. The van der Waals surface area contributed by atoms with Crippen LogP contribution in [0.25, 0.3) is 0 Å². The second-order valence-electron chi connectivity index (χ2n) is 7.62. The van der Waals surface area contributed by atoms with Crippen molar-refractivity contribution in [3.63, 3.8) is 0 Å². The highest BCUT2D eigenvalue weighted by atomic mass is 16.2. The third kappa shape index (κ3) is 3.89. The zero-order valence-electron chi connectivity index (χ0n) is 15.6. The summed E-state index contributed by atoms with van der Waals surface area (Å²) in [5.41, 5.74) is 3.29. The summed E-state index contributed by atoms with van der Waals surface area (Å²) >= 11 is 0. The van der Waals surface area contributed by atoms with Gasteiger partial charge >= 0.3 is 0 Å². The number of fused-ring (bicyclic) bond motifs is 1. The van der Waals surface area contributed by atoms with Crippen LogP contribution in [0.3, 0.4) is 0 Å². The zero-order chi connectivity index (χ0) is 17.8. The second kappa shape index (κ2) is 8.03. The topological polar surface area (TPSA) is 61.9 Å². The Bertz CT molecular complexity index is 655. The number of aryl methyl sites for hydroxylation is 2. The van der Waals surface area contributed by atoms with Crippen LogP contribution >= 0.6 is 0 Å². The zero-order valence-corrected chi connectivity index (χ0v) is 15.6. The van der Waals surface area contributed by atoms with E-state index in [4.69, 9.17) is 5.26 Å². The lowest BCUT2D eigenvalue weighted by molar-refractivity contribution is -0.137. The minimum Gasteiger partial charge on any atom is -0.339 e. The highest BCUT2D eigenvalue weighted by Gasteiger charge is 2.35. The van der Waals surface area contributed by atoms with Crippen molar-refractivity contribution in [2.24, 2.45) is 5.92 Å². The van der Waals surface area contributed by atoms with Crippen LogP contribution in [0.2, 0.25) is 0 Å². The van der Waals surface area contributed by atoms with Crippen LogP contribution in [0.4, 0.5) is 0 Å². The van der Waals surface area contributed by atoms with Crippen molar-refractivity contribution >= 4 is 5.91 Å². The Labute approximate surface area is 151 Å². The Morgan fingerprint density at radius 1 is 1.24 bits per heavy atom. The quantitative estimate of drug-likeness (QED) is 0.822. The van der Waals surface area contributed by atoms with E-state index in [1.807, 2.05) is 11.6 Å². The van der Waals surface area contributed by atoms with E-state index in [0.717, 1.165) is 36.7 Å². The summed E-state index contributed by atoms with van der Waals surface area (Å²) < 4.78 is 1.91. The summed E-state index contributed by atoms with van der Waals surface area (Å²) in [7, 11) is 0. The largest absolute Gasteiger partial charge is 0.339 e. The molecule has 2 fully saturated rings. The van der Waals surface area contributed by atoms with Gasteiger partial charge in [0, 0.05) is 24.7 Å². The van der Waals surface area contributed by atoms with Gasteiger partial charge in [0.25, 0.3) is 0 Å². The van der Waals surface area contributed by atoms with Crippen LogP contribution in [0, 0.1) is 31.1 Å². The normalized spacial score (nSPS) is 23.2. The summed E-state index contributed by atoms with van der Waals surface area (Å²) in [6.07, 6.45) is 9.38. The number of hydrogen-bond acceptors (Lipinski definition) is 3. The smallest absolute Gasteiger partial charge is 0.223 e. The van der Waals surface area contributed by atoms with Crippen LogP contribution in [-0.2, 0) is 17.8 Å². The first-order valence-corrected chi connectivity index (χ1v) is 9.81. The van der Waals surface area contributed by atoms with Crippen LogP contribution in [0.1, 0.15) is 68.3 Å². The first-order valence-electron chi connectivity index (χ1n) is 9.81. The second-order valence-corrected chi connectivity index (χ2v) is 7.62. The molecule has 5 heteroatoms. The van der Waals surface area contributed by atoms with E-state index in [1.165, 1.54) is 37.7 Å². The Balaban J connectivity index is 1.62. The number of carbonyl (C=O) groups is 1. The van der Waals surface area contributed by atoms with Gasteiger partial charge in [-0.1, -0.05) is 12.8 Å². The predicted molar refractivity (Wildman–Crippen MR) is 96.9 cm³/mol. The van der Waals surface area contributed by atoms with E-state index in [0.29, 0.717) is 31.3 Å². The van der Waals surface area contributed by atoms with Crippen molar-refractivity contribution in [3.05, 3.63) is 17.0 Å². The minimum atomic E-state index is 0.320. The van der Waals surface area contributed by atoms with Crippen molar-refractivity contribution in [2.75, 3.05) is 6.54 Å². The lowest BCUT2D eigenvalue weighted by Crippen LogP contribution is -2.49. The average Bonchev–Trinajstić information content (AvgIpc) is 2.90. The van der Waals surface area contributed by atoms with Crippen molar-refractivity contribution in [1.29, 1.82) is 5.26 Å². The molecular weight excluding hydrogens is 312 g/mol. The van der Waals surface area contributed by atoms with Crippen molar-refractivity contribution in [3.8, 4) is 6.07 Å². The molecule has 136 valence electrons. The molecule has 2 heterocycles. The summed E-state index contributed by atoms with van der Waals surface area (Å²) in [5, 5.41) is 13.3. The molecule has 1 saturated carbocycles. The Morgan fingerprint density at radius 2 is 2.00 bits per heavy atom. The fourth-order valence-electron chi connectivity index (χ4n) is 4.78. The van der Waals surface area contributed by atoms with Crippen molar-refractivity contribution < 1.29 is 4.79 Å². The Hall–Kier alpha value is -1.83. The number of hydrogen-bond donors (Lipinski definition) is 0. The summed E-state index contributed by atoms with van der Waals surface area (Å²) in [6.45, 7) is 5.63. The van der Waals surface area contributed by atoms with Gasteiger partial charge in [-0.15, -0.1) is 0 Å². The predicted octanol–water partition coefficient (Wildman–Crippen LogP) is 3.53. The molecule has 5 nitrogen and oxygen atoms in total. The highest BCUT2D eigenvalue weighted by Crippen LogP contribution is 2.35. The van der Waals surface area contributed by atoms with Gasteiger partial charge in [0.2, 0.25) is 5.91 Å². The molecule has 0 N–H and O–H groups in total. The van der Waals surface area contributed by atoms with Gasteiger partial charge in [-0.2, -0.15) is 10.4 Å². The molecule has 0 aromatic carbocycles. The number of amides is 1. The third-order valence-corrected chi connectivity index (χ3v) is 6.12. The molecular formula is C20H30N4O. The van der Waals surface area contributed by atoms with E-state index in [-0.39, 0.29) is 0 Å². The minimum absolute atomic E-state index is 0.320. The van der Waals surface area contributed by atoms with Crippen molar-refractivity contribution in [2.45, 2.75) is 84.2 Å². The molecule has 2 atom stereocenters. The Morgan fingerprint density at radius 3 is 2.80 bits per heavy atom. The maximum absolute atomic E-state index is 12.9. The van der Waals surface area contributed by atoms with Crippen molar-refractivity contribution in [1.82, 2.24) is 14.7 Å². The number of nitriles is 1. The average molecular weight is 342 g/mol. The van der Waals surface area contributed by atoms with E-state index >= 15 is 0 Å². The van der Waals surface area contributed by atoms with Gasteiger partial charge < -0.3 is 4.90 Å². The lowest BCUT2D eigenvalue weighted by atomic mass is 9.78. The maximum Gasteiger partial charge on any atom is 0.223 e. The Kier molecular flexibility index (Phi) is 5.78. The van der Waals surface area contributed by atoms with Gasteiger partial charge in [-0.25, -0.2) is 0 Å². The first-order chi connectivity index (χ1) is 12.1. The molecule has 3 rings (SSSR count). The number of likely N-dealkylation sites (tertiary alicyclic amines) is 1. The van der Waals surface area contributed by atoms with Crippen LogP contribution in [-0.4, -0.2) is 33.2 Å². The molecule has 1 aromatic rings. The number of aromatic nitrogens is 2. The summed E-state index contributed by atoms with van der Waals surface area (Å²) in [6, 6.07) is 2.67. The van der Waals surface area contributed by atoms with Gasteiger partial charge in [-0.05, 0) is 57.4 Å².